The Bertz CT molecular complexity index is 298. The number of fused-ring (bicyclic) bond motifs is 1. The van der Waals surface area contributed by atoms with E-state index in [1.165, 1.54) is 24.8 Å². The molecule has 3 heteroatoms. The summed E-state index contributed by atoms with van der Waals surface area (Å²) < 4.78 is 5.33. The number of thiophene rings is 1. The number of rotatable bonds is 5. The van der Waals surface area contributed by atoms with E-state index in [2.05, 4.69) is 16.8 Å². The van der Waals surface area contributed by atoms with Crippen LogP contribution in [0.5, 0.6) is 0 Å². The lowest BCUT2D eigenvalue weighted by molar-refractivity contribution is 0.146. The molecule has 0 bridgehead atoms. The van der Waals surface area contributed by atoms with Gasteiger partial charge in [-0.3, -0.25) is 0 Å². The molecule has 1 aromatic rings. The van der Waals surface area contributed by atoms with Crippen molar-refractivity contribution in [1.29, 1.82) is 0 Å². The molecule has 1 aliphatic carbocycles. The molecule has 0 spiro atoms. The quantitative estimate of drug-likeness (QED) is 0.778. The first-order valence-electron chi connectivity index (χ1n) is 5.79. The highest BCUT2D eigenvalue weighted by Gasteiger charge is 2.19. The van der Waals surface area contributed by atoms with E-state index in [0.717, 1.165) is 19.8 Å². The second kappa shape index (κ2) is 5.64. The van der Waals surface area contributed by atoms with E-state index >= 15 is 0 Å². The van der Waals surface area contributed by atoms with E-state index in [1.54, 1.807) is 4.88 Å². The Morgan fingerprint density at radius 1 is 1.60 bits per heavy atom. The van der Waals surface area contributed by atoms with Gasteiger partial charge in [-0.2, -0.15) is 0 Å². The SMILES string of the molecule is CCOCCNC1CCCc2sccc21. The number of hydrogen-bond acceptors (Lipinski definition) is 3. The molecule has 15 heavy (non-hydrogen) atoms. The first kappa shape index (κ1) is 11.1. The summed E-state index contributed by atoms with van der Waals surface area (Å²) in [5.41, 5.74) is 1.53. The summed E-state index contributed by atoms with van der Waals surface area (Å²) in [7, 11) is 0. The second-order valence-corrected chi connectivity index (χ2v) is 4.90. The van der Waals surface area contributed by atoms with Crippen LogP contribution in [0.15, 0.2) is 11.4 Å². The highest BCUT2D eigenvalue weighted by molar-refractivity contribution is 7.10. The van der Waals surface area contributed by atoms with Gasteiger partial charge in [0.1, 0.15) is 0 Å². The smallest absolute Gasteiger partial charge is 0.0590 e. The summed E-state index contributed by atoms with van der Waals surface area (Å²) in [6, 6.07) is 2.85. The molecule has 0 aromatic carbocycles. The van der Waals surface area contributed by atoms with Crippen molar-refractivity contribution in [2.75, 3.05) is 19.8 Å². The van der Waals surface area contributed by atoms with Gasteiger partial charge in [0.05, 0.1) is 6.61 Å². The molecular weight excluding hydrogens is 206 g/mol. The second-order valence-electron chi connectivity index (χ2n) is 3.89. The lowest BCUT2D eigenvalue weighted by Crippen LogP contribution is -2.27. The molecule has 84 valence electrons. The fourth-order valence-electron chi connectivity index (χ4n) is 2.15. The van der Waals surface area contributed by atoms with Crippen molar-refractivity contribution >= 4 is 11.3 Å². The zero-order valence-corrected chi connectivity index (χ0v) is 10.1. The minimum absolute atomic E-state index is 0.570. The Balaban J connectivity index is 1.84. The van der Waals surface area contributed by atoms with Crippen LogP contribution >= 0.6 is 11.3 Å². The van der Waals surface area contributed by atoms with E-state index in [9.17, 15) is 0 Å². The van der Waals surface area contributed by atoms with Crippen LogP contribution in [-0.2, 0) is 11.2 Å². The summed E-state index contributed by atoms with van der Waals surface area (Å²) in [5, 5.41) is 5.80. The van der Waals surface area contributed by atoms with E-state index in [-0.39, 0.29) is 0 Å². The van der Waals surface area contributed by atoms with Gasteiger partial charge in [-0.1, -0.05) is 0 Å². The molecule has 2 rings (SSSR count). The van der Waals surface area contributed by atoms with E-state index in [1.807, 2.05) is 18.3 Å². The van der Waals surface area contributed by atoms with Gasteiger partial charge in [0.2, 0.25) is 0 Å². The number of nitrogens with one attached hydrogen (secondary N) is 1. The van der Waals surface area contributed by atoms with Gasteiger partial charge >= 0.3 is 0 Å². The van der Waals surface area contributed by atoms with E-state index in [4.69, 9.17) is 4.74 Å². The molecule has 0 aliphatic heterocycles. The van der Waals surface area contributed by atoms with Crippen molar-refractivity contribution in [3.63, 3.8) is 0 Å². The molecule has 0 saturated heterocycles. The summed E-state index contributed by atoms with van der Waals surface area (Å²) >= 11 is 1.90. The lowest BCUT2D eigenvalue weighted by Gasteiger charge is -2.23. The van der Waals surface area contributed by atoms with Crippen LogP contribution in [0.4, 0.5) is 0 Å². The molecule has 2 nitrogen and oxygen atoms in total. The predicted molar refractivity (Wildman–Crippen MR) is 64.5 cm³/mol. The molecule has 1 heterocycles. The number of aryl methyl sites for hydroxylation is 1. The first-order chi connectivity index (χ1) is 7.42. The minimum atomic E-state index is 0.570. The number of ether oxygens (including phenoxy) is 1. The fraction of sp³-hybridized carbons (Fsp3) is 0.667. The zero-order valence-electron chi connectivity index (χ0n) is 9.29. The average molecular weight is 225 g/mol. The van der Waals surface area contributed by atoms with Crippen molar-refractivity contribution in [3.05, 3.63) is 21.9 Å². The largest absolute Gasteiger partial charge is 0.380 e. The van der Waals surface area contributed by atoms with Gasteiger partial charge in [0.15, 0.2) is 0 Å². The van der Waals surface area contributed by atoms with Gasteiger partial charge < -0.3 is 10.1 Å². The zero-order chi connectivity index (χ0) is 10.5. The third-order valence-corrected chi connectivity index (χ3v) is 3.89. The van der Waals surface area contributed by atoms with Gasteiger partial charge in [-0.25, -0.2) is 0 Å². The minimum Gasteiger partial charge on any atom is -0.380 e. The Hall–Kier alpha value is -0.380. The van der Waals surface area contributed by atoms with Gasteiger partial charge in [0.25, 0.3) is 0 Å². The van der Waals surface area contributed by atoms with Crippen LogP contribution in [0.1, 0.15) is 36.2 Å². The van der Waals surface area contributed by atoms with E-state index < -0.39 is 0 Å². The predicted octanol–water partition coefficient (Wildman–Crippen LogP) is 2.75. The summed E-state index contributed by atoms with van der Waals surface area (Å²) in [5.74, 6) is 0. The molecular formula is C12H19NOS. The van der Waals surface area contributed by atoms with Crippen LogP contribution in [0, 0.1) is 0 Å². The highest BCUT2D eigenvalue weighted by atomic mass is 32.1. The lowest BCUT2D eigenvalue weighted by atomic mass is 9.94. The topological polar surface area (TPSA) is 21.3 Å². The summed E-state index contributed by atoms with van der Waals surface area (Å²) in [6.07, 6.45) is 3.87. The standard InChI is InChI=1S/C12H19NOS/c1-2-14-8-7-13-11-4-3-5-12-10(11)6-9-15-12/h6,9,11,13H,2-5,7-8H2,1H3. The monoisotopic (exact) mass is 225 g/mol. The Kier molecular flexibility index (Phi) is 4.18. The Labute approximate surface area is 95.6 Å². The van der Waals surface area contributed by atoms with Crippen LogP contribution in [-0.4, -0.2) is 19.8 Å². The highest BCUT2D eigenvalue weighted by Crippen LogP contribution is 2.32. The van der Waals surface area contributed by atoms with Crippen molar-refractivity contribution in [1.82, 2.24) is 5.32 Å². The molecule has 1 unspecified atom stereocenters. The maximum atomic E-state index is 5.33. The maximum Gasteiger partial charge on any atom is 0.0590 e. The molecule has 0 fully saturated rings. The fourth-order valence-corrected chi connectivity index (χ4v) is 3.14. The van der Waals surface area contributed by atoms with Gasteiger partial charge in [-0.05, 0) is 43.2 Å². The summed E-state index contributed by atoms with van der Waals surface area (Å²) in [4.78, 5) is 1.58. The molecule has 0 saturated carbocycles. The van der Waals surface area contributed by atoms with Gasteiger partial charge in [-0.15, -0.1) is 11.3 Å². The third-order valence-electron chi connectivity index (χ3n) is 2.89. The molecule has 0 radical (unpaired) electrons. The van der Waals surface area contributed by atoms with E-state index in [0.29, 0.717) is 6.04 Å². The first-order valence-corrected chi connectivity index (χ1v) is 6.67. The van der Waals surface area contributed by atoms with Crippen LogP contribution in [0.3, 0.4) is 0 Å². The van der Waals surface area contributed by atoms with Crippen LogP contribution in [0.2, 0.25) is 0 Å². The number of hydrogen-bond donors (Lipinski definition) is 1. The Morgan fingerprint density at radius 3 is 3.40 bits per heavy atom. The normalized spacial score (nSPS) is 20.2. The summed E-state index contributed by atoms with van der Waals surface area (Å²) in [6.45, 7) is 4.65. The third kappa shape index (κ3) is 2.80. The average Bonchev–Trinajstić information content (AvgIpc) is 2.73. The Morgan fingerprint density at radius 2 is 2.53 bits per heavy atom. The van der Waals surface area contributed by atoms with Gasteiger partial charge in [0, 0.05) is 24.1 Å². The van der Waals surface area contributed by atoms with Crippen molar-refractivity contribution in [2.45, 2.75) is 32.2 Å². The van der Waals surface area contributed by atoms with Crippen molar-refractivity contribution in [2.24, 2.45) is 0 Å². The van der Waals surface area contributed by atoms with Crippen LogP contribution < -0.4 is 5.32 Å². The van der Waals surface area contributed by atoms with Crippen molar-refractivity contribution in [3.8, 4) is 0 Å². The van der Waals surface area contributed by atoms with Crippen molar-refractivity contribution < 1.29 is 4.74 Å². The molecule has 1 aliphatic rings. The molecule has 1 N–H and O–H groups in total. The maximum absolute atomic E-state index is 5.33. The molecule has 1 aromatic heterocycles. The molecule has 1 atom stereocenters. The van der Waals surface area contributed by atoms with Crippen LogP contribution in [0.25, 0.3) is 0 Å². The molecule has 0 amide bonds.